The van der Waals surface area contributed by atoms with Gasteiger partial charge in [-0.2, -0.15) is 0 Å². The van der Waals surface area contributed by atoms with Crippen molar-refractivity contribution in [3.63, 3.8) is 0 Å². The zero-order valence-electron chi connectivity index (χ0n) is 15.1. The topological polar surface area (TPSA) is 63.2 Å². The summed E-state index contributed by atoms with van der Waals surface area (Å²) < 4.78 is 26.8. The molecule has 0 spiro atoms. The first-order chi connectivity index (χ1) is 12.6. The molecule has 1 aliphatic rings. The van der Waals surface area contributed by atoms with Crippen LogP contribution in [0.1, 0.15) is 30.9 Å². The van der Waals surface area contributed by atoms with Gasteiger partial charge >= 0.3 is 5.97 Å². The predicted molar refractivity (Wildman–Crippen MR) is 95.2 cm³/mol. The lowest BCUT2D eigenvalue weighted by molar-refractivity contribution is -0.145. The Morgan fingerprint density at radius 1 is 1.15 bits per heavy atom. The average Bonchev–Trinajstić information content (AvgIpc) is 3.12. The summed E-state index contributed by atoms with van der Waals surface area (Å²) in [6, 6.07) is 11.5. The van der Waals surface area contributed by atoms with Crippen molar-refractivity contribution >= 4 is 5.97 Å². The van der Waals surface area contributed by atoms with Gasteiger partial charge in [-0.05, 0) is 30.7 Å². The molecule has 26 heavy (non-hydrogen) atoms. The van der Waals surface area contributed by atoms with Crippen molar-refractivity contribution in [2.75, 3.05) is 27.1 Å². The maximum absolute atomic E-state index is 11.7. The van der Waals surface area contributed by atoms with E-state index in [1.54, 1.807) is 20.1 Å². The standard InChI is InChI=1S/C20H22O6/c1-4-23-20(21)11-24-17-10-19-18(25-12-26-19)9-16(17)13(2)14-5-7-15(22-3)8-6-14/h5-10,13H,4,11-12H2,1-3H3. The molecule has 6 nitrogen and oxygen atoms in total. The van der Waals surface area contributed by atoms with Crippen LogP contribution in [0.25, 0.3) is 0 Å². The molecule has 0 saturated heterocycles. The van der Waals surface area contributed by atoms with Crippen LogP contribution in [0.15, 0.2) is 36.4 Å². The van der Waals surface area contributed by atoms with Gasteiger partial charge in [0.2, 0.25) is 6.79 Å². The lowest BCUT2D eigenvalue weighted by Gasteiger charge is -2.18. The molecule has 0 amide bonds. The maximum Gasteiger partial charge on any atom is 0.344 e. The molecule has 2 aromatic rings. The van der Waals surface area contributed by atoms with Gasteiger partial charge in [0.05, 0.1) is 13.7 Å². The van der Waals surface area contributed by atoms with E-state index in [9.17, 15) is 4.79 Å². The highest BCUT2D eigenvalue weighted by Gasteiger charge is 2.22. The van der Waals surface area contributed by atoms with Crippen LogP contribution < -0.4 is 18.9 Å². The second kappa shape index (κ2) is 7.99. The quantitative estimate of drug-likeness (QED) is 0.706. The molecule has 1 unspecified atom stereocenters. The van der Waals surface area contributed by atoms with Crippen molar-refractivity contribution < 1.29 is 28.5 Å². The predicted octanol–water partition coefficient (Wildman–Crippen LogP) is 3.52. The maximum atomic E-state index is 11.7. The van der Waals surface area contributed by atoms with Crippen LogP contribution in [0, 0.1) is 0 Å². The largest absolute Gasteiger partial charge is 0.497 e. The first-order valence-electron chi connectivity index (χ1n) is 8.48. The first-order valence-corrected chi connectivity index (χ1v) is 8.48. The number of methoxy groups -OCH3 is 1. The summed E-state index contributed by atoms with van der Waals surface area (Å²) >= 11 is 0. The molecule has 6 heteroatoms. The Labute approximate surface area is 152 Å². The van der Waals surface area contributed by atoms with Gasteiger partial charge in [0.15, 0.2) is 18.1 Å². The normalized spacial score (nSPS) is 13.2. The number of ether oxygens (including phenoxy) is 5. The molecule has 0 N–H and O–H groups in total. The Bertz CT molecular complexity index is 769. The minimum Gasteiger partial charge on any atom is -0.497 e. The molecule has 1 aliphatic heterocycles. The molecule has 0 aliphatic carbocycles. The van der Waals surface area contributed by atoms with Gasteiger partial charge in [-0.15, -0.1) is 0 Å². The van der Waals surface area contributed by atoms with Crippen LogP contribution in [-0.2, 0) is 9.53 Å². The van der Waals surface area contributed by atoms with Crippen LogP contribution in [0.2, 0.25) is 0 Å². The van der Waals surface area contributed by atoms with E-state index in [1.165, 1.54) is 0 Å². The third kappa shape index (κ3) is 3.85. The van der Waals surface area contributed by atoms with E-state index in [0.717, 1.165) is 16.9 Å². The molecule has 0 fully saturated rings. The second-order valence-electron chi connectivity index (χ2n) is 5.83. The molecule has 1 atom stereocenters. The van der Waals surface area contributed by atoms with E-state index in [-0.39, 0.29) is 19.3 Å². The highest BCUT2D eigenvalue weighted by Crippen LogP contribution is 2.42. The third-order valence-electron chi connectivity index (χ3n) is 4.24. The van der Waals surface area contributed by atoms with Gasteiger partial charge < -0.3 is 23.7 Å². The van der Waals surface area contributed by atoms with Crippen molar-refractivity contribution in [1.29, 1.82) is 0 Å². The van der Waals surface area contributed by atoms with Gasteiger partial charge in [0.1, 0.15) is 11.5 Å². The minimum absolute atomic E-state index is 0.0209. The van der Waals surface area contributed by atoms with Crippen molar-refractivity contribution in [3.8, 4) is 23.0 Å². The summed E-state index contributed by atoms with van der Waals surface area (Å²) in [7, 11) is 1.64. The zero-order valence-corrected chi connectivity index (χ0v) is 15.1. The van der Waals surface area contributed by atoms with Gasteiger partial charge in [-0.25, -0.2) is 4.79 Å². The van der Waals surface area contributed by atoms with Crippen molar-refractivity contribution in [2.45, 2.75) is 19.8 Å². The monoisotopic (exact) mass is 358 g/mol. The van der Waals surface area contributed by atoms with Crippen LogP contribution in [-0.4, -0.2) is 33.1 Å². The van der Waals surface area contributed by atoms with Crippen LogP contribution in [0.3, 0.4) is 0 Å². The van der Waals surface area contributed by atoms with Crippen LogP contribution in [0.5, 0.6) is 23.0 Å². The number of benzene rings is 2. The van der Waals surface area contributed by atoms with Crippen molar-refractivity contribution in [1.82, 2.24) is 0 Å². The fraction of sp³-hybridized carbons (Fsp3) is 0.350. The Hall–Kier alpha value is -2.89. The average molecular weight is 358 g/mol. The number of carbonyl (C=O) groups is 1. The number of esters is 1. The number of carbonyl (C=O) groups excluding carboxylic acids is 1. The molecule has 0 saturated carbocycles. The van der Waals surface area contributed by atoms with Crippen LogP contribution >= 0.6 is 0 Å². The van der Waals surface area contributed by atoms with Crippen LogP contribution in [0.4, 0.5) is 0 Å². The Kier molecular flexibility index (Phi) is 5.51. The third-order valence-corrected chi connectivity index (χ3v) is 4.24. The smallest absolute Gasteiger partial charge is 0.344 e. The number of fused-ring (bicyclic) bond motifs is 1. The Morgan fingerprint density at radius 2 is 1.85 bits per heavy atom. The fourth-order valence-electron chi connectivity index (χ4n) is 2.81. The molecule has 0 aromatic heterocycles. The molecule has 2 aromatic carbocycles. The first kappa shape index (κ1) is 17.9. The SMILES string of the molecule is CCOC(=O)COc1cc2c(cc1C(C)c1ccc(OC)cc1)OCO2. The molecule has 138 valence electrons. The molecular formula is C20H22O6. The molecular weight excluding hydrogens is 336 g/mol. The van der Waals surface area contributed by atoms with Gasteiger partial charge in [-0.3, -0.25) is 0 Å². The van der Waals surface area contributed by atoms with Crippen molar-refractivity contribution in [3.05, 3.63) is 47.5 Å². The molecule has 0 bridgehead atoms. The highest BCUT2D eigenvalue weighted by atomic mass is 16.7. The summed E-state index contributed by atoms with van der Waals surface area (Å²) in [6.07, 6.45) is 0. The van der Waals surface area contributed by atoms with E-state index in [0.29, 0.717) is 23.9 Å². The summed E-state index contributed by atoms with van der Waals surface area (Å²) in [4.78, 5) is 11.7. The molecule has 1 heterocycles. The van der Waals surface area contributed by atoms with E-state index >= 15 is 0 Å². The zero-order chi connectivity index (χ0) is 18.5. The Balaban J connectivity index is 1.89. The number of hydrogen-bond acceptors (Lipinski definition) is 6. The highest BCUT2D eigenvalue weighted by molar-refractivity contribution is 5.71. The summed E-state index contributed by atoms with van der Waals surface area (Å²) in [5.41, 5.74) is 1.99. The molecule has 0 radical (unpaired) electrons. The van der Waals surface area contributed by atoms with E-state index in [4.69, 9.17) is 23.7 Å². The number of rotatable bonds is 7. The van der Waals surface area contributed by atoms with E-state index < -0.39 is 5.97 Å². The van der Waals surface area contributed by atoms with Crippen molar-refractivity contribution in [2.24, 2.45) is 0 Å². The van der Waals surface area contributed by atoms with Gasteiger partial charge in [0.25, 0.3) is 0 Å². The summed E-state index contributed by atoms with van der Waals surface area (Å²) in [5.74, 6) is 2.26. The summed E-state index contributed by atoms with van der Waals surface area (Å²) in [6.45, 7) is 4.16. The van der Waals surface area contributed by atoms with E-state index in [1.807, 2.05) is 30.3 Å². The summed E-state index contributed by atoms with van der Waals surface area (Å²) in [5, 5.41) is 0. The fourth-order valence-corrected chi connectivity index (χ4v) is 2.81. The lowest BCUT2D eigenvalue weighted by Crippen LogP contribution is -2.15. The Morgan fingerprint density at radius 3 is 2.50 bits per heavy atom. The number of hydrogen-bond donors (Lipinski definition) is 0. The minimum atomic E-state index is -0.409. The lowest BCUT2D eigenvalue weighted by atomic mass is 9.92. The van der Waals surface area contributed by atoms with Gasteiger partial charge in [0, 0.05) is 17.5 Å². The second-order valence-corrected chi connectivity index (χ2v) is 5.83. The molecule has 3 rings (SSSR count). The van der Waals surface area contributed by atoms with E-state index in [2.05, 4.69) is 6.92 Å². The van der Waals surface area contributed by atoms with Gasteiger partial charge in [-0.1, -0.05) is 19.1 Å².